The number of hydrogen-bond donors (Lipinski definition) is 2. The fourth-order valence-corrected chi connectivity index (χ4v) is 3.29. The van der Waals surface area contributed by atoms with Gasteiger partial charge >= 0.3 is 0 Å². The van der Waals surface area contributed by atoms with Crippen LogP contribution in [0.5, 0.6) is 0 Å². The maximum absolute atomic E-state index is 13.7. The third-order valence-corrected chi connectivity index (χ3v) is 4.76. The van der Waals surface area contributed by atoms with E-state index in [1.54, 1.807) is 31.2 Å². The van der Waals surface area contributed by atoms with Crippen LogP contribution in [0.15, 0.2) is 47.4 Å². The fraction of sp³-hybridized carbons (Fsp3) is 0.143. The molecular formula is C14H14ClFN2O2S. The van der Waals surface area contributed by atoms with Gasteiger partial charge < -0.3 is 5.73 Å². The number of rotatable bonds is 4. The zero-order valence-electron chi connectivity index (χ0n) is 11.2. The van der Waals surface area contributed by atoms with Crippen molar-refractivity contribution in [2.24, 2.45) is 0 Å². The molecule has 0 heterocycles. The number of nitrogen functional groups attached to an aromatic ring is 1. The Morgan fingerprint density at radius 2 is 1.81 bits per heavy atom. The van der Waals surface area contributed by atoms with Gasteiger partial charge in [-0.2, -0.15) is 0 Å². The van der Waals surface area contributed by atoms with Gasteiger partial charge in [0.2, 0.25) is 10.0 Å². The summed E-state index contributed by atoms with van der Waals surface area (Å²) in [6, 6.07) is 9.66. The number of hydrogen-bond acceptors (Lipinski definition) is 3. The largest absolute Gasteiger partial charge is 0.399 e. The Morgan fingerprint density at radius 1 is 1.19 bits per heavy atom. The molecule has 2 aromatic carbocycles. The van der Waals surface area contributed by atoms with Gasteiger partial charge in [0, 0.05) is 16.8 Å². The van der Waals surface area contributed by atoms with E-state index < -0.39 is 26.8 Å². The summed E-state index contributed by atoms with van der Waals surface area (Å²) >= 11 is 5.62. The molecule has 0 spiro atoms. The molecule has 112 valence electrons. The average molecular weight is 329 g/mol. The molecule has 2 rings (SSSR count). The molecular weight excluding hydrogens is 315 g/mol. The lowest BCUT2D eigenvalue weighted by atomic mass is 10.1. The minimum atomic E-state index is -3.98. The van der Waals surface area contributed by atoms with Gasteiger partial charge in [-0.15, -0.1) is 0 Å². The zero-order chi connectivity index (χ0) is 15.6. The van der Waals surface area contributed by atoms with E-state index in [1.165, 1.54) is 6.07 Å². The van der Waals surface area contributed by atoms with E-state index in [-0.39, 0.29) is 5.02 Å². The minimum Gasteiger partial charge on any atom is -0.399 e. The normalized spacial score (nSPS) is 13.1. The molecule has 1 unspecified atom stereocenters. The Bertz CT molecular complexity index is 748. The predicted octanol–water partition coefficient (Wildman–Crippen LogP) is 3.10. The molecule has 21 heavy (non-hydrogen) atoms. The fourth-order valence-electron chi connectivity index (χ4n) is 1.84. The van der Waals surface area contributed by atoms with Crippen LogP contribution < -0.4 is 10.5 Å². The SMILES string of the molecule is CC(NS(=O)(=O)c1ccc(Cl)cc1F)c1ccc(N)cc1. The van der Waals surface area contributed by atoms with Crippen LogP contribution in [0.4, 0.5) is 10.1 Å². The number of sulfonamides is 1. The van der Waals surface area contributed by atoms with E-state index in [0.29, 0.717) is 5.69 Å². The average Bonchev–Trinajstić information content (AvgIpc) is 2.38. The van der Waals surface area contributed by atoms with E-state index in [4.69, 9.17) is 17.3 Å². The molecule has 0 aliphatic heterocycles. The Labute approximate surface area is 127 Å². The Morgan fingerprint density at radius 3 is 2.38 bits per heavy atom. The quantitative estimate of drug-likeness (QED) is 0.847. The second-order valence-electron chi connectivity index (χ2n) is 4.58. The summed E-state index contributed by atoms with van der Waals surface area (Å²) in [7, 11) is -3.98. The van der Waals surface area contributed by atoms with Gasteiger partial charge in [-0.25, -0.2) is 17.5 Å². The van der Waals surface area contributed by atoms with E-state index in [1.807, 2.05) is 0 Å². The first-order valence-electron chi connectivity index (χ1n) is 6.12. The Balaban J connectivity index is 2.26. The molecule has 4 nitrogen and oxygen atoms in total. The van der Waals surface area contributed by atoms with Crippen molar-refractivity contribution < 1.29 is 12.8 Å². The Hall–Kier alpha value is -1.63. The van der Waals surface area contributed by atoms with Crippen LogP contribution in [0.3, 0.4) is 0 Å². The standard InChI is InChI=1S/C14H14ClFN2O2S/c1-9(10-2-5-12(17)6-3-10)18-21(19,20)14-7-4-11(15)8-13(14)16/h2-9,18H,17H2,1H3. The summed E-state index contributed by atoms with van der Waals surface area (Å²) in [6.45, 7) is 1.66. The van der Waals surface area contributed by atoms with Gasteiger partial charge in [-0.3, -0.25) is 0 Å². The van der Waals surface area contributed by atoms with Gasteiger partial charge in [0.05, 0.1) is 0 Å². The lowest BCUT2D eigenvalue weighted by Crippen LogP contribution is -2.27. The minimum absolute atomic E-state index is 0.137. The van der Waals surface area contributed by atoms with Crippen molar-refractivity contribution in [1.82, 2.24) is 4.72 Å². The van der Waals surface area contributed by atoms with Crippen molar-refractivity contribution in [2.45, 2.75) is 17.9 Å². The van der Waals surface area contributed by atoms with Crippen LogP contribution in [0.2, 0.25) is 5.02 Å². The number of benzene rings is 2. The van der Waals surface area contributed by atoms with E-state index in [0.717, 1.165) is 17.7 Å². The summed E-state index contributed by atoms with van der Waals surface area (Å²) in [5.74, 6) is -0.889. The van der Waals surface area contributed by atoms with Gasteiger partial charge in [-0.05, 0) is 42.8 Å². The lowest BCUT2D eigenvalue weighted by molar-refractivity contribution is 0.547. The van der Waals surface area contributed by atoms with Gasteiger partial charge in [0.15, 0.2) is 0 Å². The first-order chi connectivity index (χ1) is 9.79. The smallest absolute Gasteiger partial charge is 0.244 e. The molecule has 0 aliphatic rings. The van der Waals surface area contributed by atoms with Crippen molar-refractivity contribution in [3.63, 3.8) is 0 Å². The molecule has 2 aromatic rings. The molecule has 7 heteroatoms. The molecule has 0 saturated carbocycles. The number of nitrogens with two attached hydrogens (primary N) is 1. The molecule has 3 N–H and O–H groups in total. The number of nitrogens with one attached hydrogen (secondary N) is 1. The van der Waals surface area contributed by atoms with Crippen molar-refractivity contribution >= 4 is 27.3 Å². The molecule has 0 fully saturated rings. The third kappa shape index (κ3) is 3.72. The van der Waals surface area contributed by atoms with Crippen LogP contribution in [-0.2, 0) is 10.0 Å². The van der Waals surface area contributed by atoms with Crippen molar-refractivity contribution in [2.75, 3.05) is 5.73 Å². The molecule has 0 aliphatic carbocycles. The molecule has 1 atom stereocenters. The summed E-state index contributed by atoms with van der Waals surface area (Å²) < 4.78 is 40.5. The summed E-state index contributed by atoms with van der Waals surface area (Å²) in [5.41, 5.74) is 6.88. The highest BCUT2D eigenvalue weighted by molar-refractivity contribution is 7.89. The summed E-state index contributed by atoms with van der Waals surface area (Å²) in [5, 5.41) is 0.137. The molecule has 0 bridgehead atoms. The van der Waals surface area contributed by atoms with E-state index in [9.17, 15) is 12.8 Å². The topological polar surface area (TPSA) is 72.2 Å². The van der Waals surface area contributed by atoms with Crippen LogP contribution >= 0.6 is 11.6 Å². The molecule has 0 amide bonds. The van der Waals surface area contributed by atoms with Gasteiger partial charge in [-0.1, -0.05) is 23.7 Å². The maximum atomic E-state index is 13.7. The Kier molecular flexibility index (Phi) is 4.51. The van der Waals surface area contributed by atoms with E-state index >= 15 is 0 Å². The third-order valence-electron chi connectivity index (χ3n) is 2.95. The predicted molar refractivity (Wildman–Crippen MR) is 81.0 cm³/mol. The van der Waals surface area contributed by atoms with Crippen molar-refractivity contribution in [3.05, 3.63) is 58.9 Å². The zero-order valence-corrected chi connectivity index (χ0v) is 12.7. The van der Waals surface area contributed by atoms with Crippen LogP contribution in [0.25, 0.3) is 0 Å². The van der Waals surface area contributed by atoms with Crippen molar-refractivity contribution in [1.29, 1.82) is 0 Å². The molecule has 0 saturated heterocycles. The highest BCUT2D eigenvalue weighted by Crippen LogP contribution is 2.22. The van der Waals surface area contributed by atoms with Gasteiger partial charge in [0.25, 0.3) is 0 Å². The summed E-state index contributed by atoms with van der Waals surface area (Å²) in [4.78, 5) is -0.436. The van der Waals surface area contributed by atoms with Crippen LogP contribution in [0.1, 0.15) is 18.5 Å². The first kappa shape index (κ1) is 15.8. The molecule has 0 aromatic heterocycles. The summed E-state index contributed by atoms with van der Waals surface area (Å²) in [6.07, 6.45) is 0. The maximum Gasteiger partial charge on any atom is 0.244 e. The number of halogens is 2. The lowest BCUT2D eigenvalue weighted by Gasteiger charge is -2.15. The van der Waals surface area contributed by atoms with Gasteiger partial charge in [0.1, 0.15) is 10.7 Å². The highest BCUT2D eigenvalue weighted by atomic mass is 35.5. The second-order valence-corrected chi connectivity index (χ2v) is 6.70. The molecule has 0 radical (unpaired) electrons. The number of anilines is 1. The van der Waals surface area contributed by atoms with Crippen LogP contribution in [-0.4, -0.2) is 8.42 Å². The second kappa shape index (κ2) is 6.01. The van der Waals surface area contributed by atoms with Crippen molar-refractivity contribution in [3.8, 4) is 0 Å². The first-order valence-corrected chi connectivity index (χ1v) is 7.98. The van der Waals surface area contributed by atoms with E-state index in [2.05, 4.69) is 4.72 Å². The van der Waals surface area contributed by atoms with Crippen LogP contribution in [0, 0.1) is 5.82 Å². The highest BCUT2D eigenvalue weighted by Gasteiger charge is 2.22. The monoisotopic (exact) mass is 328 g/mol.